The van der Waals surface area contributed by atoms with Gasteiger partial charge in [0.2, 0.25) is 11.8 Å². The number of hydrogen-bond donors (Lipinski definition) is 2. The van der Waals surface area contributed by atoms with Gasteiger partial charge in [-0.25, -0.2) is 0 Å². The summed E-state index contributed by atoms with van der Waals surface area (Å²) >= 11 is 0. The number of carbonyl (C=O) groups excluding carboxylic acids is 2. The van der Waals surface area contributed by atoms with Gasteiger partial charge in [-0.05, 0) is 35.7 Å². The second-order valence-corrected chi connectivity index (χ2v) is 7.39. The maximum atomic E-state index is 13.1. The van der Waals surface area contributed by atoms with E-state index in [1.165, 1.54) is 0 Å². The Bertz CT molecular complexity index is 977. The third kappa shape index (κ3) is 3.21. The molecule has 1 aromatic heterocycles. The predicted molar refractivity (Wildman–Crippen MR) is 106 cm³/mol. The van der Waals surface area contributed by atoms with Crippen molar-refractivity contribution in [3.05, 3.63) is 66.4 Å². The van der Waals surface area contributed by atoms with Crippen molar-refractivity contribution in [2.45, 2.75) is 32.4 Å². The van der Waals surface area contributed by atoms with Crippen LogP contribution in [0.4, 0.5) is 5.69 Å². The summed E-state index contributed by atoms with van der Waals surface area (Å²) in [6, 6.07) is 17.1. The van der Waals surface area contributed by atoms with Gasteiger partial charge in [-0.3, -0.25) is 9.59 Å². The van der Waals surface area contributed by atoms with Gasteiger partial charge in [0.25, 0.3) is 0 Å². The molecule has 1 fully saturated rings. The summed E-state index contributed by atoms with van der Waals surface area (Å²) in [6.45, 7) is 3.96. The molecule has 2 heterocycles. The fourth-order valence-corrected chi connectivity index (χ4v) is 3.83. The Balaban J connectivity index is 1.57. The number of carbonyl (C=O) groups is 2. The first-order chi connectivity index (χ1) is 13.0. The molecule has 0 aliphatic carbocycles. The first kappa shape index (κ1) is 17.3. The normalized spacial score (nSPS) is 17.8. The van der Waals surface area contributed by atoms with Crippen LogP contribution in [0.3, 0.4) is 0 Å². The Kier molecular flexibility index (Phi) is 4.44. The van der Waals surface area contributed by atoms with Crippen LogP contribution in [0.25, 0.3) is 10.9 Å². The molecule has 1 aliphatic rings. The number of benzene rings is 2. The van der Waals surface area contributed by atoms with Crippen LogP contribution < -0.4 is 5.32 Å². The van der Waals surface area contributed by atoms with E-state index in [-0.39, 0.29) is 23.8 Å². The Labute approximate surface area is 158 Å². The lowest BCUT2D eigenvalue weighted by molar-refractivity contribution is -0.156. The van der Waals surface area contributed by atoms with Crippen molar-refractivity contribution < 1.29 is 9.59 Å². The minimum absolute atomic E-state index is 0.0106. The van der Waals surface area contributed by atoms with Gasteiger partial charge in [0.1, 0.15) is 6.04 Å². The lowest BCUT2D eigenvalue weighted by Gasteiger charge is -2.46. The topological polar surface area (TPSA) is 65.2 Å². The van der Waals surface area contributed by atoms with Crippen molar-refractivity contribution in [1.29, 1.82) is 0 Å². The molecule has 0 radical (unpaired) electrons. The molecule has 138 valence electrons. The molecule has 1 aliphatic heterocycles. The van der Waals surface area contributed by atoms with Crippen molar-refractivity contribution in [2.75, 3.05) is 5.32 Å². The molecule has 0 unspecified atom stereocenters. The zero-order chi connectivity index (χ0) is 19.0. The molecule has 2 N–H and O–H groups in total. The molecule has 4 rings (SSSR count). The minimum Gasteiger partial charge on any atom is -0.361 e. The zero-order valence-electron chi connectivity index (χ0n) is 15.5. The number of nitrogens with zero attached hydrogens (tertiary/aromatic N) is 1. The molecule has 0 spiro atoms. The third-order valence-corrected chi connectivity index (χ3v) is 5.20. The van der Waals surface area contributed by atoms with Gasteiger partial charge in [0, 0.05) is 22.8 Å². The van der Waals surface area contributed by atoms with Crippen LogP contribution in [0.5, 0.6) is 0 Å². The number of rotatable bonds is 5. The van der Waals surface area contributed by atoms with Gasteiger partial charge in [-0.1, -0.05) is 44.2 Å². The van der Waals surface area contributed by atoms with E-state index in [4.69, 9.17) is 0 Å². The molecule has 5 heteroatoms. The van der Waals surface area contributed by atoms with Gasteiger partial charge >= 0.3 is 0 Å². The van der Waals surface area contributed by atoms with Crippen molar-refractivity contribution in [3.8, 4) is 0 Å². The van der Waals surface area contributed by atoms with E-state index in [1.54, 1.807) is 4.90 Å². The number of β-lactam (4-membered cyclic amide) rings is 1. The summed E-state index contributed by atoms with van der Waals surface area (Å²) in [6.07, 6.45) is 2.33. The van der Waals surface area contributed by atoms with Crippen molar-refractivity contribution in [2.24, 2.45) is 5.92 Å². The van der Waals surface area contributed by atoms with Crippen LogP contribution >= 0.6 is 0 Å². The fraction of sp³-hybridized carbons (Fsp3) is 0.273. The van der Waals surface area contributed by atoms with Crippen LogP contribution in [0, 0.1) is 5.92 Å². The van der Waals surface area contributed by atoms with E-state index < -0.39 is 6.04 Å². The third-order valence-electron chi connectivity index (χ3n) is 5.20. The number of aromatic amines is 1. The number of H-pyrrole nitrogens is 1. The first-order valence-corrected chi connectivity index (χ1v) is 9.28. The maximum absolute atomic E-state index is 13.1. The van der Waals surface area contributed by atoms with Crippen molar-refractivity contribution in [3.63, 3.8) is 0 Å². The number of amides is 2. The fourth-order valence-electron chi connectivity index (χ4n) is 3.83. The van der Waals surface area contributed by atoms with E-state index in [0.717, 1.165) is 22.2 Å². The highest BCUT2D eigenvalue weighted by Gasteiger charge is 2.45. The molecular weight excluding hydrogens is 338 g/mol. The van der Waals surface area contributed by atoms with E-state index in [1.807, 2.05) is 74.6 Å². The Morgan fingerprint density at radius 1 is 1.15 bits per heavy atom. The lowest BCUT2D eigenvalue weighted by Crippen LogP contribution is -2.58. The number of fused-ring (bicyclic) bond motifs is 1. The zero-order valence-corrected chi connectivity index (χ0v) is 15.5. The van der Waals surface area contributed by atoms with E-state index in [9.17, 15) is 9.59 Å². The molecule has 27 heavy (non-hydrogen) atoms. The molecule has 5 nitrogen and oxygen atoms in total. The van der Waals surface area contributed by atoms with Crippen LogP contribution in [-0.4, -0.2) is 27.7 Å². The average Bonchev–Trinajstić information content (AvgIpc) is 3.12. The first-order valence-electron chi connectivity index (χ1n) is 9.28. The summed E-state index contributed by atoms with van der Waals surface area (Å²) < 4.78 is 0. The summed E-state index contributed by atoms with van der Waals surface area (Å²) in [5.74, 6) is -0.107. The number of likely N-dealkylation sites (tertiary alicyclic amines) is 1. The largest absolute Gasteiger partial charge is 0.361 e. The second kappa shape index (κ2) is 6.91. The molecule has 2 aromatic carbocycles. The lowest BCUT2D eigenvalue weighted by atomic mass is 9.88. The number of aromatic nitrogens is 1. The molecular formula is C22H23N3O2. The molecule has 2 amide bonds. The highest BCUT2D eigenvalue weighted by molar-refractivity contribution is 6.00. The van der Waals surface area contributed by atoms with Crippen molar-refractivity contribution >= 4 is 28.4 Å². The monoisotopic (exact) mass is 361 g/mol. The molecule has 3 aromatic rings. The molecule has 0 saturated carbocycles. The SMILES string of the molecule is CC(C)[C@H](C(=O)Nc1ccc2[nH]ccc2c1)N1C(=O)C[C@H]1c1ccccc1. The summed E-state index contributed by atoms with van der Waals surface area (Å²) in [5.41, 5.74) is 2.83. The molecule has 1 saturated heterocycles. The van der Waals surface area contributed by atoms with E-state index in [0.29, 0.717) is 6.42 Å². The quantitative estimate of drug-likeness (QED) is 0.672. The number of anilines is 1. The Morgan fingerprint density at radius 3 is 2.63 bits per heavy atom. The molecule has 0 bridgehead atoms. The highest BCUT2D eigenvalue weighted by Crippen LogP contribution is 2.38. The van der Waals surface area contributed by atoms with E-state index >= 15 is 0 Å². The van der Waals surface area contributed by atoms with Crippen LogP contribution in [0.2, 0.25) is 0 Å². The summed E-state index contributed by atoms with van der Waals surface area (Å²) in [7, 11) is 0. The summed E-state index contributed by atoms with van der Waals surface area (Å²) in [5, 5.41) is 4.04. The Hall–Kier alpha value is -3.08. The standard InChI is InChI=1S/C22H23N3O2/c1-14(2)21(25-19(13-20(25)26)15-6-4-3-5-7-15)22(27)24-17-8-9-18-16(12-17)10-11-23-18/h3-12,14,19,21,23H,13H2,1-2H3,(H,24,27)/t19-,21+/m0/s1. The Morgan fingerprint density at radius 2 is 1.93 bits per heavy atom. The van der Waals surface area contributed by atoms with Gasteiger partial charge in [-0.15, -0.1) is 0 Å². The van der Waals surface area contributed by atoms with Crippen LogP contribution in [0.1, 0.15) is 31.9 Å². The second-order valence-electron chi connectivity index (χ2n) is 7.39. The summed E-state index contributed by atoms with van der Waals surface area (Å²) in [4.78, 5) is 30.4. The van der Waals surface area contributed by atoms with Crippen LogP contribution in [0.15, 0.2) is 60.8 Å². The molecule has 2 atom stereocenters. The van der Waals surface area contributed by atoms with Gasteiger partial charge < -0.3 is 15.2 Å². The van der Waals surface area contributed by atoms with E-state index in [2.05, 4.69) is 10.3 Å². The van der Waals surface area contributed by atoms with Gasteiger partial charge in [0.05, 0.1) is 12.5 Å². The number of nitrogens with one attached hydrogen (secondary N) is 2. The predicted octanol–water partition coefficient (Wildman–Crippen LogP) is 4.10. The van der Waals surface area contributed by atoms with Gasteiger partial charge in [0.15, 0.2) is 0 Å². The van der Waals surface area contributed by atoms with Gasteiger partial charge in [-0.2, -0.15) is 0 Å². The number of hydrogen-bond acceptors (Lipinski definition) is 2. The van der Waals surface area contributed by atoms with Crippen molar-refractivity contribution in [1.82, 2.24) is 9.88 Å². The minimum atomic E-state index is -0.502. The smallest absolute Gasteiger partial charge is 0.247 e. The highest BCUT2D eigenvalue weighted by atomic mass is 16.2. The average molecular weight is 361 g/mol. The van der Waals surface area contributed by atoms with Crippen LogP contribution in [-0.2, 0) is 9.59 Å². The maximum Gasteiger partial charge on any atom is 0.247 e.